The van der Waals surface area contributed by atoms with Crippen LogP contribution >= 0.6 is 0 Å². The van der Waals surface area contributed by atoms with Gasteiger partial charge in [0.05, 0.1) is 5.69 Å². The van der Waals surface area contributed by atoms with E-state index in [1.807, 2.05) is 0 Å². The van der Waals surface area contributed by atoms with Gasteiger partial charge in [0.1, 0.15) is 10.7 Å². The van der Waals surface area contributed by atoms with E-state index in [1.54, 1.807) is 0 Å². The topological polar surface area (TPSA) is 63.2 Å². The summed E-state index contributed by atoms with van der Waals surface area (Å²) in [7, 11) is -4.95. The van der Waals surface area contributed by atoms with E-state index >= 15 is 0 Å². The Labute approximate surface area is 120 Å². The maximum absolute atomic E-state index is 13.1. The zero-order valence-corrected chi connectivity index (χ0v) is 11.7. The van der Waals surface area contributed by atoms with Crippen LogP contribution in [0.4, 0.5) is 14.0 Å². The Morgan fingerprint density at radius 2 is 1.81 bits per heavy atom. The van der Waals surface area contributed by atoms with Gasteiger partial charge in [0.2, 0.25) is 0 Å². The number of carbonyl (C=O) groups is 1. The number of anilines is 1. The SMILES string of the molecule is Cc1cc(F)ccc1C(=O)Nc1ccccc1S(=O)(=O)F. The summed E-state index contributed by atoms with van der Waals surface area (Å²) in [6, 6.07) is 8.66. The largest absolute Gasteiger partial charge is 0.334 e. The van der Waals surface area contributed by atoms with Gasteiger partial charge in [0, 0.05) is 5.56 Å². The summed E-state index contributed by atoms with van der Waals surface area (Å²) < 4.78 is 48.2. The van der Waals surface area contributed by atoms with Crippen molar-refractivity contribution in [1.82, 2.24) is 0 Å². The molecule has 0 aliphatic carbocycles. The van der Waals surface area contributed by atoms with Gasteiger partial charge in [0.25, 0.3) is 5.91 Å². The second-order valence-electron chi connectivity index (χ2n) is 4.35. The molecule has 110 valence electrons. The van der Waals surface area contributed by atoms with Crippen molar-refractivity contribution in [2.75, 3.05) is 5.32 Å². The Balaban J connectivity index is 2.37. The van der Waals surface area contributed by atoms with Gasteiger partial charge >= 0.3 is 10.2 Å². The minimum Gasteiger partial charge on any atom is -0.321 e. The molecule has 2 rings (SSSR count). The van der Waals surface area contributed by atoms with E-state index in [0.29, 0.717) is 5.56 Å². The van der Waals surface area contributed by atoms with Crippen molar-refractivity contribution in [3.05, 3.63) is 59.4 Å². The molecule has 2 aromatic rings. The smallest absolute Gasteiger partial charge is 0.321 e. The molecule has 0 heterocycles. The fraction of sp³-hybridized carbons (Fsp3) is 0.0714. The lowest BCUT2D eigenvalue weighted by atomic mass is 10.1. The van der Waals surface area contributed by atoms with Gasteiger partial charge in [-0.15, -0.1) is 3.89 Å². The molecule has 0 aliphatic rings. The number of carbonyl (C=O) groups excluding carboxylic acids is 1. The van der Waals surface area contributed by atoms with Crippen molar-refractivity contribution in [1.29, 1.82) is 0 Å². The molecule has 7 heteroatoms. The van der Waals surface area contributed by atoms with Crippen molar-refractivity contribution < 1.29 is 21.5 Å². The summed E-state index contributed by atoms with van der Waals surface area (Å²) in [6.45, 7) is 1.54. The Morgan fingerprint density at radius 1 is 1.14 bits per heavy atom. The number of hydrogen-bond donors (Lipinski definition) is 1. The van der Waals surface area contributed by atoms with Crippen LogP contribution in [-0.4, -0.2) is 14.3 Å². The summed E-state index contributed by atoms with van der Waals surface area (Å²) in [5.74, 6) is -1.14. The summed E-state index contributed by atoms with van der Waals surface area (Å²) in [4.78, 5) is 11.4. The molecule has 4 nitrogen and oxygen atoms in total. The van der Waals surface area contributed by atoms with E-state index in [9.17, 15) is 21.5 Å². The van der Waals surface area contributed by atoms with Gasteiger partial charge in [-0.2, -0.15) is 8.42 Å². The molecule has 0 spiro atoms. The minimum absolute atomic E-state index is 0.169. The predicted molar refractivity (Wildman–Crippen MR) is 73.8 cm³/mol. The molecule has 21 heavy (non-hydrogen) atoms. The Morgan fingerprint density at radius 3 is 2.43 bits per heavy atom. The lowest BCUT2D eigenvalue weighted by Crippen LogP contribution is -2.15. The number of para-hydroxylation sites is 1. The van der Waals surface area contributed by atoms with Gasteiger partial charge in [-0.1, -0.05) is 12.1 Å². The number of amides is 1. The van der Waals surface area contributed by atoms with Crippen molar-refractivity contribution >= 4 is 21.8 Å². The van der Waals surface area contributed by atoms with Crippen LogP contribution in [0.1, 0.15) is 15.9 Å². The third-order valence-corrected chi connectivity index (χ3v) is 3.71. The molecule has 0 saturated carbocycles. The molecule has 0 radical (unpaired) electrons. The van der Waals surface area contributed by atoms with Crippen LogP contribution in [0.5, 0.6) is 0 Å². The van der Waals surface area contributed by atoms with Crippen LogP contribution < -0.4 is 5.32 Å². The molecular formula is C14H11F2NO3S. The molecule has 0 aliphatic heterocycles. The first-order valence-corrected chi connectivity index (χ1v) is 7.28. The first kappa shape index (κ1) is 15.1. The maximum Gasteiger partial charge on any atom is 0.334 e. The standard InChI is InChI=1S/C14H11F2NO3S/c1-9-8-10(15)6-7-11(9)14(18)17-12-4-2-3-5-13(12)21(16,19)20/h2-8H,1H3,(H,17,18). The number of nitrogens with one attached hydrogen (secondary N) is 1. The van der Waals surface area contributed by atoms with Gasteiger partial charge < -0.3 is 5.32 Å². The molecule has 0 atom stereocenters. The Kier molecular flexibility index (Phi) is 4.04. The fourth-order valence-electron chi connectivity index (χ4n) is 1.85. The second-order valence-corrected chi connectivity index (χ2v) is 5.66. The number of aryl methyl sites for hydroxylation is 1. The monoisotopic (exact) mass is 311 g/mol. The molecule has 0 aromatic heterocycles. The maximum atomic E-state index is 13.1. The van der Waals surface area contributed by atoms with Crippen molar-refractivity contribution in [2.45, 2.75) is 11.8 Å². The molecular weight excluding hydrogens is 300 g/mol. The van der Waals surface area contributed by atoms with E-state index in [4.69, 9.17) is 0 Å². The van der Waals surface area contributed by atoms with Crippen molar-refractivity contribution in [3.8, 4) is 0 Å². The highest BCUT2D eigenvalue weighted by Gasteiger charge is 2.19. The Hall–Kier alpha value is -2.28. The summed E-state index contributed by atoms with van der Waals surface area (Å²) >= 11 is 0. The predicted octanol–water partition coefficient (Wildman–Crippen LogP) is 3.04. The van der Waals surface area contributed by atoms with E-state index in [-0.39, 0.29) is 11.3 Å². The summed E-state index contributed by atoms with van der Waals surface area (Å²) in [5, 5.41) is 2.31. The lowest BCUT2D eigenvalue weighted by molar-refractivity contribution is 0.102. The minimum atomic E-state index is -4.95. The zero-order chi connectivity index (χ0) is 15.6. The van der Waals surface area contributed by atoms with E-state index in [1.165, 1.54) is 37.3 Å². The van der Waals surface area contributed by atoms with Crippen LogP contribution in [0.3, 0.4) is 0 Å². The second kappa shape index (κ2) is 5.61. The summed E-state index contributed by atoms with van der Waals surface area (Å²) in [6.07, 6.45) is 0. The number of halogens is 2. The fourth-order valence-corrected chi connectivity index (χ4v) is 2.48. The average Bonchev–Trinajstić information content (AvgIpc) is 2.37. The van der Waals surface area contributed by atoms with Crippen LogP contribution in [0, 0.1) is 12.7 Å². The third kappa shape index (κ3) is 3.43. The van der Waals surface area contributed by atoms with Crippen molar-refractivity contribution in [2.24, 2.45) is 0 Å². The van der Waals surface area contributed by atoms with Gasteiger partial charge in [-0.05, 0) is 42.8 Å². The molecule has 0 fully saturated rings. The molecule has 1 N–H and O–H groups in total. The van der Waals surface area contributed by atoms with Gasteiger partial charge in [-0.3, -0.25) is 4.79 Å². The lowest BCUT2D eigenvalue weighted by Gasteiger charge is -2.10. The van der Waals surface area contributed by atoms with E-state index in [0.717, 1.165) is 12.1 Å². The van der Waals surface area contributed by atoms with Crippen LogP contribution in [0.25, 0.3) is 0 Å². The molecule has 0 unspecified atom stereocenters. The van der Waals surface area contributed by atoms with E-state index < -0.39 is 26.8 Å². The number of rotatable bonds is 3. The highest BCUT2D eigenvalue weighted by molar-refractivity contribution is 7.86. The molecule has 0 saturated heterocycles. The highest BCUT2D eigenvalue weighted by Crippen LogP contribution is 2.23. The van der Waals surface area contributed by atoms with Gasteiger partial charge in [0.15, 0.2) is 0 Å². The first-order chi connectivity index (χ1) is 9.79. The van der Waals surface area contributed by atoms with Crippen molar-refractivity contribution in [3.63, 3.8) is 0 Å². The number of hydrogen-bond acceptors (Lipinski definition) is 3. The quantitative estimate of drug-likeness (QED) is 0.886. The van der Waals surface area contributed by atoms with Crippen LogP contribution in [-0.2, 0) is 10.2 Å². The van der Waals surface area contributed by atoms with Crippen LogP contribution in [0.15, 0.2) is 47.4 Å². The first-order valence-electron chi connectivity index (χ1n) is 5.90. The van der Waals surface area contributed by atoms with Crippen LogP contribution in [0.2, 0.25) is 0 Å². The Bertz CT molecular complexity index is 804. The molecule has 0 bridgehead atoms. The molecule has 1 amide bonds. The summed E-state index contributed by atoms with van der Waals surface area (Å²) in [5.41, 5.74) is 0.379. The highest BCUT2D eigenvalue weighted by atomic mass is 32.3. The van der Waals surface area contributed by atoms with E-state index in [2.05, 4.69) is 5.32 Å². The normalized spacial score (nSPS) is 11.2. The third-order valence-electron chi connectivity index (χ3n) is 2.83. The molecule has 2 aromatic carbocycles. The zero-order valence-electron chi connectivity index (χ0n) is 10.9. The van der Waals surface area contributed by atoms with Gasteiger partial charge in [-0.25, -0.2) is 4.39 Å². The number of benzene rings is 2. The average molecular weight is 311 g/mol.